The van der Waals surface area contributed by atoms with Gasteiger partial charge in [-0.3, -0.25) is 10.1 Å². The number of nitrogens with one attached hydrogen (secondary N) is 1. The zero-order valence-electron chi connectivity index (χ0n) is 12.7. The summed E-state index contributed by atoms with van der Waals surface area (Å²) in [5.74, 6) is 0. The van der Waals surface area contributed by atoms with Gasteiger partial charge in [-0.25, -0.2) is 0 Å². The third kappa shape index (κ3) is 2.36. The molecule has 0 aliphatic heterocycles. The summed E-state index contributed by atoms with van der Waals surface area (Å²) in [5, 5.41) is 23.8. The number of ether oxygens (including phenoxy) is 1. The Morgan fingerprint density at radius 2 is 2.27 bits per heavy atom. The van der Waals surface area contributed by atoms with Gasteiger partial charge in [-0.1, -0.05) is 6.42 Å². The molecule has 6 heteroatoms. The molecule has 120 valence electrons. The van der Waals surface area contributed by atoms with Gasteiger partial charge in [0.25, 0.3) is 5.69 Å². The molecule has 0 amide bonds. The maximum absolute atomic E-state index is 11.2. The van der Waals surface area contributed by atoms with E-state index in [1.54, 1.807) is 12.1 Å². The molecular formula is C16H22N2O4. The van der Waals surface area contributed by atoms with Crippen molar-refractivity contribution in [2.75, 3.05) is 11.9 Å². The van der Waals surface area contributed by atoms with Crippen molar-refractivity contribution in [2.45, 2.75) is 51.4 Å². The molecular weight excluding hydrogens is 284 g/mol. The Labute approximate surface area is 129 Å². The number of nitro groups is 1. The van der Waals surface area contributed by atoms with E-state index in [1.165, 1.54) is 12.5 Å². The fourth-order valence-corrected chi connectivity index (χ4v) is 3.78. The molecule has 2 fully saturated rings. The van der Waals surface area contributed by atoms with Gasteiger partial charge in [0.1, 0.15) is 5.69 Å². The maximum atomic E-state index is 11.2. The van der Waals surface area contributed by atoms with E-state index in [9.17, 15) is 15.2 Å². The largest absolute Gasteiger partial charge is 0.392 e. The molecule has 2 atom stereocenters. The smallest absolute Gasteiger partial charge is 0.292 e. The number of benzene rings is 1. The summed E-state index contributed by atoms with van der Waals surface area (Å²) >= 11 is 0. The van der Waals surface area contributed by atoms with Gasteiger partial charge in [0.2, 0.25) is 0 Å². The Balaban J connectivity index is 1.80. The first-order chi connectivity index (χ1) is 10.6. The Bertz CT molecular complexity index is 571. The highest BCUT2D eigenvalue weighted by molar-refractivity contribution is 5.63. The molecule has 22 heavy (non-hydrogen) atoms. The summed E-state index contributed by atoms with van der Waals surface area (Å²) in [7, 11) is 0. The zero-order valence-corrected chi connectivity index (χ0v) is 12.7. The fourth-order valence-electron chi connectivity index (χ4n) is 3.78. The molecule has 1 spiro atoms. The lowest BCUT2D eigenvalue weighted by Gasteiger charge is -2.61. The Kier molecular flexibility index (Phi) is 4.06. The molecule has 2 N–H and O–H groups in total. The number of rotatable bonds is 6. The molecule has 1 aromatic carbocycles. The Morgan fingerprint density at radius 1 is 1.50 bits per heavy atom. The van der Waals surface area contributed by atoms with Gasteiger partial charge in [-0.05, 0) is 43.9 Å². The summed E-state index contributed by atoms with van der Waals surface area (Å²) in [5.41, 5.74) is 1.38. The van der Waals surface area contributed by atoms with Crippen molar-refractivity contribution in [3.63, 3.8) is 0 Å². The molecule has 2 aliphatic rings. The number of nitrogens with zero attached hydrogens (tertiary/aromatic N) is 1. The van der Waals surface area contributed by atoms with E-state index in [-0.39, 0.29) is 34.8 Å². The second kappa shape index (κ2) is 5.85. The van der Waals surface area contributed by atoms with E-state index in [0.29, 0.717) is 17.9 Å². The summed E-state index contributed by atoms with van der Waals surface area (Å²) in [6.07, 6.45) is 4.57. The molecule has 1 aromatic rings. The lowest BCUT2D eigenvalue weighted by Crippen LogP contribution is -2.64. The number of hydrogen-bond acceptors (Lipinski definition) is 5. The van der Waals surface area contributed by atoms with E-state index in [4.69, 9.17) is 4.74 Å². The van der Waals surface area contributed by atoms with Gasteiger partial charge < -0.3 is 15.2 Å². The number of anilines is 1. The maximum Gasteiger partial charge on any atom is 0.292 e. The predicted octanol–water partition coefficient (Wildman–Crippen LogP) is 2.85. The van der Waals surface area contributed by atoms with Crippen molar-refractivity contribution in [1.29, 1.82) is 0 Å². The quantitative estimate of drug-likeness (QED) is 0.623. The SMILES string of the molecule is CCOC1CC(Nc2cc(CO)ccc2[N+](=O)[O-])C12CCC2. The lowest BCUT2D eigenvalue weighted by atomic mass is 9.51. The van der Waals surface area contributed by atoms with E-state index in [0.717, 1.165) is 19.3 Å². The van der Waals surface area contributed by atoms with Crippen LogP contribution in [0.4, 0.5) is 11.4 Å². The molecule has 0 heterocycles. The average molecular weight is 306 g/mol. The van der Waals surface area contributed by atoms with Crippen molar-refractivity contribution in [2.24, 2.45) is 5.41 Å². The predicted molar refractivity (Wildman–Crippen MR) is 82.7 cm³/mol. The van der Waals surface area contributed by atoms with E-state index < -0.39 is 0 Å². The van der Waals surface area contributed by atoms with Crippen molar-refractivity contribution >= 4 is 11.4 Å². The van der Waals surface area contributed by atoms with Crippen LogP contribution >= 0.6 is 0 Å². The van der Waals surface area contributed by atoms with Gasteiger partial charge in [0, 0.05) is 24.1 Å². The van der Waals surface area contributed by atoms with E-state index >= 15 is 0 Å². The minimum Gasteiger partial charge on any atom is -0.392 e. The summed E-state index contributed by atoms with van der Waals surface area (Å²) in [6, 6.07) is 4.94. The first-order valence-electron chi connectivity index (χ1n) is 7.87. The fraction of sp³-hybridized carbons (Fsp3) is 0.625. The summed E-state index contributed by atoms with van der Waals surface area (Å²) in [6.45, 7) is 2.59. The monoisotopic (exact) mass is 306 g/mol. The second-order valence-corrected chi connectivity index (χ2v) is 6.23. The normalized spacial score (nSPS) is 25.4. The standard InChI is InChI=1S/C16H22N2O4/c1-2-22-15-9-14(16(15)6-3-7-16)17-12-8-11(10-19)4-5-13(12)18(20)21/h4-5,8,14-15,17,19H,2-3,6-7,9-10H2,1H3. The molecule has 3 rings (SSSR count). The highest BCUT2D eigenvalue weighted by Crippen LogP contribution is 2.58. The summed E-state index contributed by atoms with van der Waals surface area (Å²) in [4.78, 5) is 10.8. The third-order valence-corrected chi connectivity index (χ3v) is 5.21. The molecule has 0 bridgehead atoms. The van der Waals surface area contributed by atoms with Crippen LogP contribution in [0, 0.1) is 15.5 Å². The topological polar surface area (TPSA) is 84.6 Å². The lowest BCUT2D eigenvalue weighted by molar-refractivity contribution is -0.384. The van der Waals surface area contributed by atoms with E-state index in [1.807, 2.05) is 6.92 Å². The minimum absolute atomic E-state index is 0.0616. The van der Waals surface area contributed by atoms with Crippen LogP contribution in [-0.4, -0.2) is 28.8 Å². The van der Waals surface area contributed by atoms with Crippen molar-refractivity contribution in [3.05, 3.63) is 33.9 Å². The zero-order chi connectivity index (χ0) is 15.7. The molecule has 0 aromatic heterocycles. The second-order valence-electron chi connectivity index (χ2n) is 6.23. The number of hydrogen-bond donors (Lipinski definition) is 2. The molecule has 0 radical (unpaired) electrons. The number of aliphatic hydroxyl groups excluding tert-OH is 1. The first-order valence-corrected chi connectivity index (χ1v) is 7.87. The van der Waals surface area contributed by atoms with Crippen LogP contribution in [0.15, 0.2) is 18.2 Å². The Hall–Kier alpha value is -1.66. The number of aliphatic hydroxyl groups is 1. The molecule has 2 saturated carbocycles. The first kappa shape index (κ1) is 15.2. The van der Waals surface area contributed by atoms with Gasteiger partial charge >= 0.3 is 0 Å². The van der Waals surface area contributed by atoms with Crippen LogP contribution in [0.2, 0.25) is 0 Å². The van der Waals surface area contributed by atoms with Gasteiger partial charge in [0.15, 0.2) is 0 Å². The molecule has 2 aliphatic carbocycles. The van der Waals surface area contributed by atoms with Gasteiger partial charge in [-0.2, -0.15) is 0 Å². The van der Waals surface area contributed by atoms with Crippen molar-refractivity contribution < 1.29 is 14.8 Å². The van der Waals surface area contributed by atoms with E-state index in [2.05, 4.69) is 5.32 Å². The Morgan fingerprint density at radius 3 is 2.82 bits per heavy atom. The molecule has 2 unspecified atom stereocenters. The highest BCUT2D eigenvalue weighted by atomic mass is 16.6. The van der Waals surface area contributed by atoms with Crippen LogP contribution in [0.1, 0.15) is 38.2 Å². The van der Waals surface area contributed by atoms with Crippen LogP contribution in [0.25, 0.3) is 0 Å². The van der Waals surface area contributed by atoms with Gasteiger partial charge in [-0.15, -0.1) is 0 Å². The minimum atomic E-state index is -0.379. The van der Waals surface area contributed by atoms with Gasteiger partial charge in [0.05, 0.1) is 17.6 Å². The van der Waals surface area contributed by atoms with Crippen molar-refractivity contribution in [1.82, 2.24) is 0 Å². The van der Waals surface area contributed by atoms with Crippen LogP contribution < -0.4 is 5.32 Å². The highest BCUT2D eigenvalue weighted by Gasteiger charge is 2.59. The van der Waals surface area contributed by atoms with Crippen molar-refractivity contribution in [3.8, 4) is 0 Å². The number of nitro benzene ring substituents is 1. The molecule has 0 saturated heterocycles. The van der Waals surface area contributed by atoms with Crippen LogP contribution in [0.5, 0.6) is 0 Å². The van der Waals surface area contributed by atoms with Crippen LogP contribution in [0.3, 0.4) is 0 Å². The third-order valence-electron chi connectivity index (χ3n) is 5.21. The summed E-state index contributed by atoms with van der Waals surface area (Å²) < 4.78 is 5.81. The van der Waals surface area contributed by atoms with Crippen LogP contribution in [-0.2, 0) is 11.3 Å². The molecule has 6 nitrogen and oxygen atoms in total. The average Bonchev–Trinajstić information content (AvgIpc) is 2.43.